The molecule has 8 nitrogen and oxygen atoms in total. The van der Waals surface area contributed by atoms with Gasteiger partial charge in [-0.1, -0.05) is 53.7 Å². The Labute approximate surface area is 236 Å². The number of rotatable bonds is 9. The molecular formula is C29H49N3O5Si2. The first-order chi connectivity index (χ1) is 17.8. The first kappa shape index (κ1) is 31.5. The Morgan fingerprint density at radius 2 is 1.64 bits per heavy atom. The zero-order valence-corrected chi connectivity index (χ0v) is 27.6. The molecule has 1 aliphatic heterocycles. The van der Waals surface area contributed by atoms with E-state index in [-0.39, 0.29) is 34.9 Å². The van der Waals surface area contributed by atoms with Crippen LogP contribution in [-0.2, 0) is 26.8 Å². The van der Waals surface area contributed by atoms with Gasteiger partial charge in [-0.25, -0.2) is 9.78 Å². The second-order valence-corrected chi connectivity index (χ2v) is 23.6. The number of carbonyl (C=O) groups excluding carboxylic acids is 1. The lowest BCUT2D eigenvalue weighted by Gasteiger charge is -2.46. The molecule has 0 radical (unpaired) electrons. The van der Waals surface area contributed by atoms with E-state index < -0.39 is 28.8 Å². The summed E-state index contributed by atoms with van der Waals surface area (Å²) in [4.78, 5) is 32.1. The van der Waals surface area contributed by atoms with E-state index in [0.29, 0.717) is 13.2 Å². The largest absolute Gasteiger partial charge is 0.465 e. The molecule has 1 saturated heterocycles. The van der Waals surface area contributed by atoms with Gasteiger partial charge < -0.3 is 23.4 Å². The number of imidazole rings is 1. The molecule has 1 amide bonds. The van der Waals surface area contributed by atoms with Crippen molar-refractivity contribution in [2.75, 3.05) is 6.54 Å². The number of nitrogens with zero attached hydrogens (tertiary/aromatic N) is 3. The van der Waals surface area contributed by atoms with Gasteiger partial charge in [-0.15, -0.1) is 0 Å². The van der Waals surface area contributed by atoms with Gasteiger partial charge in [-0.2, -0.15) is 0 Å². The molecular weight excluding hydrogens is 527 g/mol. The number of piperidine rings is 1. The molecule has 1 fully saturated rings. The summed E-state index contributed by atoms with van der Waals surface area (Å²) in [7, 11) is -4.19. The predicted molar refractivity (Wildman–Crippen MR) is 161 cm³/mol. The topological polar surface area (TPSA) is 93.9 Å². The van der Waals surface area contributed by atoms with Gasteiger partial charge in [-0.3, -0.25) is 4.79 Å². The van der Waals surface area contributed by atoms with Crippen LogP contribution in [-0.4, -0.2) is 66.8 Å². The van der Waals surface area contributed by atoms with Crippen LogP contribution >= 0.6 is 0 Å². The molecule has 1 aromatic carbocycles. The number of fused-ring (bicyclic) bond motifs is 1. The van der Waals surface area contributed by atoms with Crippen LogP contribution < -0.4 is 0 Å². The lowest BCUT2D eigenvalue weighted by molar-refractivity contribution is -0.122. The van der Waals surface area contributed by atoms with Crippen LogP contribution in [0.1, 0.15) is 66.6 Å². The third kappa shape index (κ3) is 7.20. The summed E-state index contributed by atoms with van der Waals surface area (Å²) in [5, 5.41) is 10.0. The first-order valence-corrected chi connectivity index (χ1v) is 19.9. The van der Waals surface area contributed by atoms with Crippen molar-refractivity contribution in [2.24, 2.45) is 0 Å². The maximum Gasteiger partial charge on any atom is 0.407 e. The standard InChI is InChI=1S/C29H49N3O5Si2/c1-28(2,3)38(7,8)36-20-26-30-22-14-11-12-15-23(22)32(26)19-21(33)18-24-25(16-13-17-31(24)27(34)35)37-39(9,10)29(4,5)6/h11-12,14-15,24-25H,13,16-20H2,1-10H3,(H,34,35)/t24-,25+/m1/s1. The number of carboxylic acid groups (broad SMARTS) is 1. The van der Waals surface area contributed by atoms with Gasteiger partial charge in [0.15, 0.2) is 22.4 Å². The number of ketones is 1. The highest BCUT2D eigenvalue weighted by atomic mass is 28.4. The number of hydrogen-bond donors (Lipinski definition) is 1. The van der Waals surface area contributed by atoms with Crippen molar-refractivity contribution in [1.82, 2.24) is 14.5 Å². The van der Waals surface area contributed by atoms with Gasteiger partial charge in [-0.05, 0) is 61.2 Å². The molecule has 3 rings (SSSR count). The Hall–Kier alpha value is -2.02. The molecule has 0 unspecified atom stereocenters. The monoisotopic (exact) mass is 575 g/mol. The minimum absolute atomic E-state index is 0.0121. The van der Waals surface area contributed by atoms with E-state index in [1.54, 1.807) is 0 Å². The highest BCUT2D eigenvalue weighted by Crippen LogP contribution is 2.40. The molecule has 39 heavy (non-hydrogen) atoms. The molecule has 218 valence electrons. The SMILES string of the molecule is CC(C)(C)[Si](C)(C)OCc1nc2ccccc2n1CC(=O)C[C@@H]1[C@@H](O[Si](C)(C)C(C)(C)C)CCCN1C(=O)O. The van der Waals surface area contributed by atoms with Crippen LogP contribution in [0.15, 0.2) is 24.3 Å². The van der Waals surface area contributed by atoms with E-state index in [9.17, 15) is 14.7 Å². The smallest absolute Gasteiger partial charge is 0.407 e. The van der Waals surface area contributed by atoms with E-state index in [1.165, 1.54) is 4.90 Å². The molecule has 2 aromatic rings. The number of para-hydroxylation sites is 2. The predicted octanol–water partition coefficient (Wildman–Crippen LogP) is 7.05. The van der Waals surface area contributed by atoms with Crippen LogP contribution in [0.4, 0.5) is 4.79 Å². The Morgan fingerprint density at radius 1 is 1.03 bits per heavy atom. The summed E-state index contributed by atoms with van der Waals surface area (Å²) in [6.45, 7) is 22.8. The second-order valence-electron chi connectivity index (χ2n) is 14.0. The van der Waals surface area contributed by atoms with E-state index >= 15 is 0 Å². The van der Waals surface area contributed by atoms with Gasteiger partial charge in [0.2, 0.25) is 0 Å². The summed E-state index contributed by atoms with van der Waals surface area (Å²) >= 11 is 0. The number of benzene rings is 1. The normalized spacial score (nSPS) is 19.5. The van der Waals surface area contributed by atoms with Gasteiger partial charge in [0, 0.05) is 13.0 Å². The average molecular weight is 576 g/mol. The summed E-state index contributed by atoms with van der Waals surface area (Å²) in [5.41, 5.74) is 1.70. The van der Waals surface area contributed by atoms with Crippen molar-refractivity contribution in [3.8, 4) is 0 Å². The maximum absolute atomic E-state index is 13.7. The van der Waals surface area contributed by atoms with Crippen molar-refractivity contribution in [3.63, 3.8) is 0 Å². The zero-order valence-electron chi connectivity index (χ0n) is 25.6. The number of hydrogen-bond acceptors (Lipinski definition) is 5. The van der Waals surface area contributed by atoms with Crippen molar-refractivity contribution < 1.29 is 23.5 Å². The lowest BCUT2D eigenvalue weighted by Crippen LogP contribution is -2.56. The number of carbonyl (C=O) groups is 2. The van der Waals surface area contributed by atoms with Gasteiger partial charge >= 0.3 is 6.09 Å². The summed E-state index contributed by atoms with van der Waals surface area (Å²) in [6.07, 6.45) is 0.319. The van der Waals surface area contributed by atoms with Crippen LogP contribution in [0.5, 0.6) is 0 Å². The Morgan fingerprint density at radius 3 is 2.23 bits per heavy atom. The highest BCUT2D eigenvalue weighted by Gasteiger charge is 2.44. The lowest BCUT2D eigenvalue weighted by atomic mass is 9.95. The Bertz CT molecular complexity index is 1180. The molecule has 0 spiro atoms. The number of aromatic nitrogens is 2. The number of amides is 1. The molecule has 2 atom stereocenters. The van der Waals surface area contributed by atoms with E-state index in [0.717, 1.165) is 29.7 Å². The molecule has 1 N–H and O–H groups in total. The van der Waals surface area contributed by atoms with Crippen molar-refractivity contribution >= 4 is 39.5 Å². The molecule has 0 saturated carbocycles. The Kier molecular flexibility index (Phi) is 9.26. The summed E-state index contributed by atoms with van der Waals surface area (Å²) in [6, 6.07) is 7.30. The average Bonchev–Trinajstić information content (AvgIpc) is 3.14. The summed E-state index contributed by atoms with van der Waals surface area (Å²) < 4.78 is 15.1. The van der Waals surface area contributed by atoms with Gasteiger partial charge in [0.05, 0.1) is 36.3 Å². The number of Topliss-reactive ketones (excluding diaryl/α,β-unsaturated/α-hetero) is 1. The summed E-state index contributed by atoms with van der Waals surface area (Å²) in [5.74, 6) is 0.691. The minimum Gasteiger partial charge on any atom is -0.465 e. The maximum atomic E-state index is 13.7. The van der Waals surface area contributed by atoms with Crippen LogP contribution in [0.25, 0.3) is 11.0 Å². The van der Waals surface area contributed by atoms with Crippen LogP contribution in [0.3, 0.4) is 0 Å². The van der Waals surface area contributed by atoms with E-state index in [4.69, 9.17) is 13.8 Å². The molecule has 0 aliphatic carbocycles. The third-order valence-corrected chi connectivity index (χ3v) is 18.1. The quantitative estimate of drug-likeness (QED) is 0.322. The second kappa shape index (κ2) is 11.5. The molecule has 10 heteroatoms. The fraction of sp³-hybridized carbons (Fsp3) is 0.690. The van der Waals surface area contributed by atoms with E-state index in [2.05, 4.69) is 67.7 Å². The minimum atomic E-state index is -2.16. The molecule has 1 aliphatic rings. The van der Waals surface area contributed by atoms with Crippen molar-refractivity contribution in [1.29, 1.82) is 0 Å². The van der Waals surface area contributed by atoms with E-state index in [1.807, 2.05) is 28.8 Å². The fourth-order valence-electron chi connectivity index (χ4n) is 4.54. The highest BCUT2D eigenvalue weighted by molar-refractivity contribution is 6.74. The molecule has 1 aromatic heterocycles. The fourth-order valence-corrected chi connectivity index (χ4v) is 6.85. The van der Waals surface area contributed by atoms with Crippen LogP contribution in [0, 0.1) is 0 Å². The van der Waals surface area contributed by atoms with Gasteiger partial charge in [0.1, 0.15) is 5.82 Å². The zero-order chi connectivity index (χ0) is 29.4. The van der Waals surface area contributed by atoms with Crippen LogP contribution in [0.2, 0.25) is 36.3 Å². The molecule has 0 bridgehead atoms. The third-order valence-electron chi connectivity index (χ3n) is 9.09. The Balaban J connectivity index is 1.87. The van der Waals surface area contributed by atoms with Gasteiger partial charge in [0.25, 0.3) is 0 Å². The van der Waals surface area contributed by atoms with Crippen molar-refractivity contribution in [2.45, 2.75) is 122 Å². The molecule has 2 heterocycles. The first-order valence-electron chi connectivity index (χ1n) is 14.1. The number of likely N-dealkylation sites (tertiary alicyclic amines) is 1. The van der Waals surface area contributed by atoms with Crippen molar-refractivity contribution in [3.05, 3.63) is 30.1 Å².